The third kappa shape index (κ3) is 3.23. The summed E-state index contributed by atoms with van der Waals surface area (Å²) in [5, 5.41) is 3.97. The first-order valence-corrected chi connectivity index (χ1v) is 5.91. The molecule has 0 aliphatic rings. The second-order valence-corrected chi connectivity index (χ2v) is 4.30. The molecule has 2 rings (SSSR count). The number of aryl methyl sites for hydroxylation is 2. The number of alkyl halides is 3. The average Bonchev–Trinajstić information content (AvgIpc) is 2.81. The highest BCUT2D eigenvalue weighted by atomic mass is 19.4. The molecular formula is C13H12F3N3O. The van der Waals surface area contributed by atoms with Crippen LogP contribution < -0.4 is 0 Å². The van der Waals surface area contributed by atoms with Crippen LogP contribution in [0.5, 0.6) is 0 Å². The molecule has 0 spiro atoms. The summed E-state index contributed by atoms with van der Waals surface area (Å²) in [7, 11) is 1.76. The van der Waals surface area contributed by atoms with Crippen LogP contribution in [0.4, 0.5) is 13.2 Å². The van der Waals surface area contributed by atoms with Gasteiger partial charge < -0.3 is 0 Å². The molecule has 2 aromatic rings. The second kappa shape index (κ2) is 5.44. The molecular weight excluding hydrogens is 271 g/mol. The summed E-state index contributed by atoms with van der Waals surface area (Å²) in [6, 6.07) is 3.76. The fourth-order valence-corrected chi connectivity index (χ4v) is 1.74. The van der Waals surface area contributed by atoms with E-state index in [-0.39, 0.29) is 17.9 Å². The van der Waals surface area contributed by atoms with Gasteiger partial charge in [0.05, 0.1) is 5.56 Å². The molecule has 0 amide bonds. The highest BCUT2D eigenvalue weighted by Crippen LogP contribution is 2.28. The van der Waals surface area contributed by atoms with Crippen LogP contribution in [-0.4, -0.2) is 20.5 Å². The van der Waals surface area contributed by atoms with Crippen molar-refractivity contribution in [3.8, 4) is 0 Å². The summed E-state index contributed by atoms with van der Waals surface area (Å²) in [5.74, 6) is -0.292. The first kappa shape index (κ1) is 14.2. The summed E-state index contributed by atoms with van der Waals surface area (Å²) in [6.07, 6.45) is -1.49. The van der Waals surface area contributed by atoms with Gasteiger partial charge in [0.2, 0.25) is 0 Å². The molecule has 0 N–H and O–H groups in total. The van der Waals surface area contributed by atoms with Crippen LogP contribution in [0.3, 0.4) is 0 Å². The summed E-state index contributed by atoms with van der Waals surface area (Å²) in [6.45, 7) is 0. The quantitative estimate of drug-likeness (QED) is 0.810. The number of carbonyl (C=O) groups is 1. The minimum atomic E-state index is -4.44. The average molecular weight is 283 g/mol. The number of ketones is 1. The molecule has 0 radical (unpaired) electrons. The Morgan fingerprint density at radius 1 is 1.30 bits per heavy atom. The van der Waals surface area contributed by atoms with E-state index in [1.54, 1.807) is 24.0 Å². The molecule has 2 aromatic heterocycles. The van der Waals surface area contributed by atoms with Gasteiger partial charge in [-0.1, -0.05) is 0 Å². The Kier molecular flexibility index (Phi) is 3.87. The van der Waals surface area contributed by atoms with Crippen molar-refractivity contribution in [2.75, 3.05) is 0 Å². The predicted molar refractivity (Wildman–Crippen MR) is 65.1 cm³/mol. The lowest BCUT2D eigenvalue weighted by molar-refractivity contribution is -0.137. The number of carbonyl (C=O) groups excluding carboxylic acids is 1. The molecule has 0 aliphatic carbocycles. The number of hydrogen-bond donors (Lipinski definition) is 0. The van der Waals surface area contributed by atoms with Crippen molar-refractivity contribution in [1.82, 2.24) is 14.8 Å². The van der Waals surface area contributed by atoms with E-state index in [0.29, 0.717) is 12.6 Å². The van der Waals surface area contributed by atoms with Crippen LogP contribution in [0.25, 0.3) is 0 Å². The highest BCUT2D eigenvalue weighted by Gasteiger charge is 2.30. The van der Waals surface area contributed by atoms with Crippen molar-refractivity contribution in [3.05, 3.63) is 47.5 Å². The predicted octanol–water partition coefficient (Wildman–Crippen LogP) is 2.65. The van der Waals surface area contributed by atoms with Crippen molar-refractivity contribution in [1.29, 1.82) is 0 Å². The normalized spacial score (nSPS) is 11.6. The number of aromatic nitrogens is 3. The molecule has 0 atom stereocenters. The molecule has 0 bridgehead atoms. The van der Waals surface area contributed by atoms with E-state index >= 15 is 0 Å². The number of rotatable bonds is 4. The molecule has 4 nitrogen and oxygen atoms in total. The van der Waals surface area contributed by atoms with Gasteiger partial charge in [0, 0.05) is 31.6 Å². The molecule has 0 unspecified atom stereocenters. The van der Waals surface area contributed by atoms with Gasteiger partial charge in [-0.15, -0.1) is 0 Å². The van der Waals surface area contributed by atoms with Crippen LogP contribution in [0.1, 0.15) is 28.2 Å². The fourth-order valence-electron chi connectivity index (χ4n) is 1.74. The lowest BCUT2D eigenvalue weighted by Crippen LogP contribution is -2.09. The van der Waals surface area contributed by atoms with Crippen molar-refractivity contribution < 1.29 is 18.0 Å². The standard InChI is InChI=1S/C13H12F3N3O/c1-19-10(6-7-18-19)3-5-12(20)11-4-2-9(8-17-11)13(14,15)16/h2,4,6-8H,3,5H2,1H3. The number of pyridine rings is 1. The van der Waals surface area contributed by atoms with Gasteiger partial charge in [0.15, 0.2) is 5.78 Å². The topological polar surface area (TPSA) is 47.8 Å². The van der Waals surface area contributed by atoms with Crippen molar-refractivity contribution >= 4 is 5.78 Å². The Hall–Kier alpha value is -2.18. The van der Waals surface area contributed by atoms with Gasteiger partial charge in [-0.05, 0) is 24.6 Å². The van der Waals surface area contributed by atoms with Crippen LogP contribution in [-0.2, 0) is 19.6 Å². The van der Waals surface area contributed by atoms with Crippen LogP contribution in [0.15, 0.2) is 30.6 Å². The van der Waals surface area contributed by atoms with Crippen molar-refractivity contribution in [3.63, 3.8) is 0 Å². The third-order valence-electron chi connectivity index (χ3n) is 2.91. The second-order valence-electron chi connectivity index (χ2n) is 4.30. The largest absolute Gasteiger partial charge is 0.417 e. The Labute approximate surface area is 113 Å². The Morgan fingerprint density at radius 2 is 2.05 bits per heavy atom. The van der Waals surface area contributed by atoms with E-state index in [0.717, 1.165) is 17.8 Å². The van der Waals surface area contributed by atoms with Gasteiger partial charge in [-0.25, -0.2) is 0 Å². The smallest absolute Gasteiger partial charge is 0.292 e. The minimum Gasteiger partial charge on any atom is -0.292 e. The van der Waals surface area contributed by atoms with Crippen LogP contribution in [0.2, 0.25) is 0 Å². The van der Waals surface area contributed by atoms with E-state index in [1.165, 1.54) is 0 Å². The van der Waals surface area contributed by atoms with E-state index in [1.807, 2.05) is 0 Å². The SMILES string of the molecule is Cn1nccc1CCC(=O)c1ccc(C(F)(F)F)cn1. The maximum Gasteiger partial charge on any atom is 0.417 e. The van der Waals surface area contributed by atoms with Crippen molar-refractivity contribution in [2.45, 2.75) is 19.0 Å². The van der Waals surface area contributed by atoms with Crippen molar-refractivity contribution in [2.24, 2.45) is 7.05 Å². The van der Waals surface area contributed by atoms with Gasteiger partial charge in [-0.3, -0.25) is 14.5 Å². The lowest BCUT2D eigenvalue weighted by atomic mass is 10.1. The molecule has 20 heavy (non-hydrogen) atoms. The summed E-state index contributed by atoms with van der Waals surface area (Å²) >= 11 is 0. The molecule has 106 valence electrons. The zero-order valence-electron chi connectivity index (χ0n) is 10.7. The molecule has 0 aliphatic heterocycles. The van der Waals surface area contributed by atoms with Gasteiger partial charge in [-0.2, -0.15) is 18.3 Å². The highest BCUT2D eigenvalue weighted by molar-refractivity contribution is 5.94. The zero-order chi connectivity index (χ0) is 14.8. The van der Waals surface area contributed by atoms with Gasteiger partial charge in [0.1, 0.15) is 5.69 Å². The maximum absolute atomic E-state index is 12.4. The monoisotopic (exact) mass is 283 g/mol. The summed E-state index contributed by atoms with van der Waals surface area (Å²) in [5.41, 5.74) is 0.0612. The van der Waals surface area contributed by atoms with E-state index < -0.39 is 11.7 Å². The fraction of sp³-hybridized carbons (Fsp3) is 0.308. The maximum atomic E-state index is 12.4. The van der Waals surface area contributed by atoms with E-state index in [9.17, 15) is 18.0 Å². The number of hydrogen-bond acceptors (Lipinski definition) is 3. The van der Waals surface area contributed by atoms with Gasteiger partial charge in [0.25, 0.3) is 0 Å². The lowest BCUT2D eigenvalue weighted by Gasteiger charge is -2.06. The molecule has 0 saturated heterocycles. The Balaban J connectivity index is 2.01. The molecule has 2 heterocycles. The first-order valence-electron chi connectivity index (χ1n) is 5.91. The molecule has 0 saturated carbocycles. The number of nitrogens with zero attached hydrogens (tertiary/aromatic N) is 3. The molecule has 7 heteroatoms. The summed E-state index contributed by atoms with van der Waals surface area (Å²) in [4.78, 5) is 15.4. The Morgan fingerprint density at radius 3 is 2.55 bits per heavy atom. The number of Topliss-reactive ketones (excluding diaryl/α,β-unsaturated/α-hetero) is 1. The van der Waals surface area contributed by atoms with E-state index in [4.69, 9.17) is 0 Å². The Bertz CT molecular complexity index is 602. The number of halogens is 3. The first-order chi connectivity index (χ1) is 9.38. The van der Waals surface area contributed by atoms with Crippen LogP contribution in [0, 0.1) is 0 Å². The molecule has 0 aromatic carbocycles. The molecule has 0 fully saturated rings. The minimum absolute atomic E-state index is 0.0418. The zero-order valence-corrected chi connectivity index (χ0v) is 10.7. The van der Waals surface area contributed by atoms with Gasteiger partial charge >= 0.3 is 6.18 Å². The van der Waals surface area contributed by atoms with Crippen LogP contribution >= 0.6 is 0 Å². The summed E-state index contributed by atoms with van der Waals surface area (Å²) < 4.78 is 38.7. The van der Waals surface area contributed by atoms with E-state index in [2.05, 4.69) is 10.1 Å². The third-order valence-corrected chi connectivity index (χ3v) is 2.91.